The Balaban J connectivity index is 1.67. The summed E-state index contributed by atoms with van der Waals surface area (Å²) >= 11 is 5.97. The van der Waals surface area contributed by atoms with Crippen molar-refractivity contribution in [1.82, 2.24) is 13.9 Å². The lowest BCUT2D eigenvalue weighted by Crippen LogP contribution is -2.31. The van der Waals surface area contributed by atoms with Crippen LogP contribution >= 0.6 is 11.6 Å². The van der Waals surface area contributed by atoms with Gasteiger partial charge in [-0.05, 0) is 37.1 Å². The summed E-state index contributed by atoms with van der Waals surface area (Å²) in [7, 11) is -1.55. The Morgan fingerprint density at radius 2 is 1.76 bits per heavy atom. The Morgan fingerprint density at radius 1 is 1.12 bits per heavy atom. The first-order valence-corrected chi connectivity index (χ1v) is 10.3. The topological polar surface area (TPSA) is 67.2 Å². The molecule has 0 aliphatic carbocycles. The molecule has 0 saturated carbocycles. The number of hydrogen-bond donors (Lipinski definition) is 1. The number of anilines is 1. The molecule has 0 unspecified atom stereocenters. The van der Waals surface area contributed by atoms with Crippen LogP contribution in [0, 0.1) is 0 Å². The van der Waals surface area contributed by atoms with Crippen LogP contribution < -0.4 is 5.32 Å². The molecule has 1 aromatic carbocycles. The largest absolute Gasteiger partial charge is 0.378 e. The lowest BCUT2D eigenvalue weighted by Gasteiger charge is -2.20. The van der Waals surface area contributed by atoms with Gasteiger partial charge in [0.15, 0.2) is 0 Å². The molecule has 1 fully saturated rings. The summed E-state index contributed by atoms with van der Waals surface area (Å²) in [4.78, 5) is 4.57. The summed E-state index contributed by atoms with van der Waals surface area (Å²) in [6, 6.07) is 6.90. The van der Waals surface area contributed by atoms with Crippen molar-refractivity contribution in [2.75, 3.05) is 18.4 Å². The molecule has 25 heavy (non-hydrogen) atoms. The van der Waals surface area contributed by atoms with Crippen LogP contribution in [-0.2, 0) is 23.6 Å². The molecule has 2 heterocycles. The van der Waals surface area contributed by atoms with E-state index in [1.807, 2.05) is 7.05 Å². The highest BCUT2D eigenvalue weighted by Gasteiger charge is 2.24. The van der Waals surface area contributed by atoms with Gasteiger partial charge in [-0.2, -0.15) is 4.31 Å². The van der Waals surface area contributed by atoms with E-state index in [1.54, 1.807) is 39.3 Å². The van der Waals surface area contributed by atoms with Gasteiger partial charge in [0.2, 0.25) is 10.0 Å². The number of benzene rings is 1. The lowest BCUT2D eigenvalue weighted by atomic mass is 10.2. The summed E-state index contributed by atoms with van der Waals surface area (Å²) in [5.74, 6) is 0.811. The van der Waals surface area contributed by atoms with Gasteiger partial charge in [-0.3, -0.25) is 0 Å². The second kappa shape index (κ2) is 7.76. The monoisotopic (exact) mass is 382 g/mol. The summed E-state index contributed by atoms with van der Waals surface area (Å²) in [6.07, 6.45) is 5.68. The van der Waals surface area contributed by atoms with E-state index in [2.05, 4.69) is 10.3 Å². The van der Waals surface area contributed by atoms with E-state index in [-0.39, 0.29) is 0 Å². The maximum atomic E-state index is 12.8. The SMILES string of the molecule is Cn1c(Cl)cnc1CNc1ccc(S(=O)(=O)N2CCCCCC2)cc1. The second-order valence-electron chi connectivity index (χ2n) is 6.25. The maximum absolute atomic E-state index is 12.8. The first kappa shape index (κ1) is 18.2. The van der Waals surface area contributed by atoms with Gasteiger partial charge in [0, 0.05) is 25.8 Å². The number of nitrogens with zero attached hydrogens (tertiary/aromatic N) is 3. The molecule has 0 atom stereocenters. The minimum atomic E-state index is -3.40. The van der Waals surface area contributed by atoms with E-state index in [4.69, 9.17) is 11.6 Å². The third-order valence-corrected chi connectivity index (χ3v) is 6.80. The second-order valence-corrected chi connectivity index (χ2v) is 8.58. The first-order valence-electron chi connectivity index (χ1n) is 8.48. The molecule has 1 saturated heterocycles. The average Bonchev–Trinajstić information content (AvgIpc) is 2.83. The third-order valence-electron chi connectivity index (χ3n) is 4.54. The van der Waals surface area contributed by atoms with Gasteiger partial charge in [0.1, 0.15) is 11.0 Å². The van der Waals surface area contributed by atoms with Crippen LogP contribution in [0.2, 0.25) is 5.15 Å². The van der Waals surface area contributed by atoms with E-state index < -0.39 is 10.0 Å². The molecular weight excluding hydrogens is 360 g/mol. The molecule has 3 rings (SSSR count). The molecule has 0 radical (unpaired) electrons. The molecule has 136 valence electrons. The van der Waals surface area contributed by atoms with Gasteiger partial charge in [-0.1, -0.05) is 24.4 Å². The van der Waals surface area contributed by atoms with Crippen molar-refractivity contribution in [1.29, 1.82) is 0 Å². The van der Waals surface area contributed by atoms with E-state index in [0.717, 1.165) is 37.2 Å². The van der Waals surface area contributed by atoms with Gasteiger partial charge in [-0.15, -0.1) is 0 Å². The highest BCUT2D eigenvalue weighted by molar-refractivity contribution is 7.89. The molecule has 8 heteroatoms. The van der Waals surface area contributed by atoms with E-state index in [0.29, 0.717) is 29.7 Å². The van der Waals surface area contributed by atoms with Crippen molar-refractivity contribution in [3.05, 3.63) is 41.4 Å². The molecule has 1 aromatic heterocycles. The molecule has 6 nitrogen and oxygen atoms in total. The maximum Gasteiger partial charge on any atom is 0.243 e. The Kier molecular flexibility index (Phi) is 5.66. The molecule has 0 amide bonds. The van der Waals surface area contributed by atoms with Crippen LogP contribution in [0.4, 0.5) is 5.69 Å². The smallest absolute Gasteiger partial charge is 0.243 e. The molecule has 1 aliphatic heterocycles. The number of hydrogen-bond acceptors (Lipinski definition) is 4. The number of rotatable bonds is 5. The van der Waals surface area contributed by atoms with Crippen molar-refractivity contribution >= 4 is 27.3 Å². The fraction of sp³-hybridized carbons (Fsp3) is 0.471. The third kappa shape index (κ3) is 4.16. The van der Waals surface area contributed by atoms with E-state index >= 15 is 0 Å². The van der Waals surface area contributed by atoms with Crippen LogP contribution in [0.15, 0.2) is 35.4 Å². The molecule has 2 aromatic rings. The lowest BCUT2D eigenvalue weighted by molar-refractivity contribution is 0.424. The summed E-state index contributed by atoms with van der Waals surface area (Å²) in [5.41, 5.74) is 0.842. The highest BCUT2D eigenvalue weighted by Crippen LogP contribution is 2.22. The van der Waals surface area contributed by atoms with Crippen LogP contribution in [0.5, 0.6) is 0 Å². The molecule has 0 bridgehead atoms. The zero-order chi connectivity index (χ0) is 17.9. The fourth-order valence-corrected chi connectivity index (χ4v) is 4.61. The molecule has 1 N–H and O–H groups in total. The number of imidazole rings is 1. The van der Waals surface area contributed by atoms with E-state index in [1.165, 1.54) is 0 Å². The Hall–Kier alpha value is -1.57. The molecular formula is C17H23ClN4O2S. The van der Waals surface area contributed by atoms with Gasteiger partial charge >= 0.3 is 0 Å². The molecule has 0 spiro atoms. The van der Waals surface area contributed by atoms with Crippen molar-refractivity contribution in [3.8, 4) is 0 Å². The summed E-state index contributed by atoms with van der Waals surface area (Å²) in [6.45, 7) is 1.74. The number of halogens is 1. The Labute approximate surface area is 153 Å². The number of nitrogens with one attached hydrogen (secondary N) is 1. The summed E-state index contributed by atoms with van der Waals surface area (Å²) in [5, 5.41) is 3.81. The minimum Gasteiger partial charge on any atom is -0.378 e. The summed E-state index contributed by atoms with van der Waals surface area (Å²) < 4.78 is 28.9. The highest BCUT2D eigenvalue weighted by atomic mass is 35.5. The van der Waals surface area contributed by atoms with Crippen molar-refractivity contribution < 1.29 is 8.42 Å². The van der Waals surface area contributed by atoms with Gasteiger partial charge < -0.3 is 9.88 Å². The number of sulfonamides is 1. The first-order chi connectivity index (χ1) is 12.0. The predicted molar refractivity (Wildman–Crippen MR) is 99.2 cm³/mol. The van der Waals surface area contributed by atoms with E-state index in [9.17, 15) is 8.42 Å². The van der Waals surface area contributed by atoms with Crippen LogP contribution in [0.3, 0.4) is 0 Å². The van der Waals surface area contributed by atoms with Crippen LogP contribution in [0.25, 0.3) is 0 Å². The normalized spacial score (nSPS) is 16.6. The van der Waals surface area contributed by atoms with Crippen LogP contribution in [-0.4, -0.2) is 35.4 Å². The van der Waals surface area contributed by atoms with Gasteiger partial charge in [-0.25, -0.2) is 13.4 Å². The van der Waals surface area contributed by atoms with Gasteiger partial charge in [0.25, 0.3) is 0 Å². The van der Waals surface area contributed by atoms with Crippen LogP contribution in [0.1, 0.15) is 31.5 Å². The predicted octanol–water partition coefficient (Wildman–Crippen LogP) is 3.25. The standard InChI is InChI=1S/C17H23ClN4O2S/c1-21-16(18)12-20-17(21)13-19-14-6-8-15(9-7-14)25(23,24)22-10-4-2-3-5-11-22/h6-9,12,19H,2-5,10-11,13H2,1H3. The Morgan fingerprint density at radius 3 is 2.32 bits per heavy atom. The van der Waals surface area contributed by atoms with Crippen molar-refractivity contribution in [2.24, 2.45) is 7.05 Å². The number of aromatic nitrogens is 2. The zero-order valence-corrected chi connectivity index (χ0v) is 15.9. The fourth-order valence-electron chi connectivity index (χ4n) is 2.95. The molecule has 1 aliphatic rings. The quantitative estimate of drug-likeness (QED) is 0.861. The van der Waals surface area contributed by atoms with Gasteiger partial charge in [0.05, 0.1) is 17.6 Å². The Bertz CT molecular complexity index is 810. The zero-order valence-electron chi connectivity index (χ0n) is 14.3. The van der Waals surface area contributed by atoms with Crippen molar-refractivity contribution in [3.63, 3.8) is 0 Å². The minimum absolute atomic E-state index is 0.347. The van der Waals surface area contributed by atoms with Crippen molar-refractivity contribution in [2.45, 2.75) is 37.1 Å². The average molecular weight is 383 g/mol.